The van der Waals surface area contributed by atoms with Crippen LogP contribution in [0.4, 0.5) is 5.95 Å². The van der Waals surface area contributed by atoms with Crippen molar-refractivity contribution in [2.75, 3.05) is 25.0 Å². The van der Waals surface area contributed by atoms with Gasteiger partial charge in [0.05, 0.1) is 17.3 Å². The Morgan fingerprint density at radius 2 is 2.00 bits per heavy atom. The maximum atomic E-state index is 12.7. The molecule has 1 aliphatic heterocycles. The van der Waals surface area contributed by atoms with Gasteiger partial charge in [-0.2, -0.15) is 5.10 Å². The van der Waals surface area contributed by atoms with Crippen molar-refractivity contribution in [1.82, 2.24) is 24.6 Å². The molecule has 2 aromatic heterocycles. The number of hydrogen-bond donors (Lipinski definition) is 2. The first-order valence-corrected chi connectivity index (χ1v) is 10.3. The molecule has 8 nitrogen and oxygen atoms in total. The molecule has 1 saturated heterocycles. The maximum Gasteiger partial charge on any atom is 0.229 e. The van der Waals surface area contributed by atoms with Crippen molar-refractivity contribution >= 4 is 22.8 Å². The number of aromatic nitrogens is 4. The van der Waals surface area contributed by atoms with Gasteiger partial charge in [0.1, 0.15) is 0 Å². The SMILES string of the molecule is Cn1cc(-c2ccc3cnc(NC(=O)C4CCN(CC(C)(C)O)CC4)nc3c2)cn1. The number of piperidine rings is 1. The second-order valence-electron chi connectivity index (χ2n) is 8.72. The van der Waals surface area contributed by atoms with Crippen molar-refractivity contribution in [3.8, 4) is 11.1 Å². The highest BCUT2D eigenvalue weighted by atomic mass is 16.3. The van der Waals surface area contributed by atoms with E-state index in [-0.39, 0.29) is 11.8 Å². The zero-order chi connectivity index (χ0) is 21.3. The number of anilines is 1. The minimum Gasteiger partial charge on any atom is -0.389 e. The number of carbonyl (C=O) groups excluding carboxylic acids is 1. The number of β-amino-alcohol motifs (C(OH)–C–C–N with tert-alkyl or cyclic N) is 1. The Labute approximate surface area is 175 Å². The largest absolute Gasteiger partial charge is 0.389 e. The minimum absolute atomic E-state index is 0.0410. The molecule has 1 amide bonds. The number of likely N-dealkylation sites (tertiary alicyclic amines) is 1. The summed E-state index contributed by atoms with van der Waals surface area (Å²) in [5.74, 6) is 0.222. The summed E-state index contributed by atoms with van der Waals surface area (Å²) in [6, 6.07) is 5.98. The van der Waals surface area contributed by atoms with Crippen LogP contribution in [0.5, 0.6) is 0 Å². The number of nitrogens with zero attached hydrogens (tertiary/aromatic N) is 5. The van der Waals surface area contributed by atoms with Crippen LogP contribution in [-0.2, 0) is 11.8 Å². The smallest absolute Gasteiger partial charge is 0.229 e. The van der Waals surface area contributed by atoms with E-state index < -0.39 is 5.60 Å². The third kappa shape index (κ3) is 4.83. The number of carbonyl (C=O) groups is 1. The number of nitrogens with one attached hydrogen (secondary N) is 1. The van der Waals surface area contributed by atoms with Gasteiger partial charge in [0, 0.05) is 42.9 Å². The molecule has 3 heterocycles. The predicted molar refractivity (Wildman–Crippen MR) is 116 cm³/mol. The van der Waals surface area contributed by atoms with Crippen LogP contribution in [0.2, 0.25) is 0 Å². The summed E-state index contributed by atoms with van der Waals surface area (Å²) < 4.78 is 1.76. The van der Waals surface area contributed by atoms with Gasteiger partial charge in [-0.05, 0) is 51.4 Å². The van der Waals surface area contributed by atoms with E-state index in [0.717, 1.165) is 48.0 Å². The topological polar surface area (TPSA) is 96.2 Å². The van der Waals surface area contributed by atoms with Crippen molar-refractivity contribution in [1.29, 1.82) is 0 Å². The second-order valence-corrected chi connectivity index (χ2v) is 8.72. The molecule has 3 aromatic rings. The molecular weight excluding hydrogens is 380 g/mol. The normalized spacial score (nSPS) is 16.1. The summed E-state index contributed by atoms with van der Waals surface area (Å²) in [5.41, 5.74) is 2.09. The van der Waals surface area contributed by atoms with Crippen molar-refractivity contribution in [3.63, 3.8) is 0 Å². The highest BCUT2D eigenvalue weighted by molar-refractivity contribution is 5.92. The first-order valence-electron chi connectivity index (χ1n) is 10.3. The lowest BCUT2D eigenvalue weighted by atomic mass is 9.95. The zero-order valence-corrected chi connectivity index (χ0v) is 17.7. The molecule has 0 saturated carbocycles. The van der Waals surface area contributed by atoms with Gasteiger partial charge in [0.15, 0.2) is 0 Å². The van der Waals surface area contributed by atoms with E-state index >= 15 is 0 Å². The van der Waals surface area contributed by atoms with E-state index in [9.17, 15) is 9.90 Å². The average molecular weight is 409 g/mol. The summed E-state index contributed by atoms with van der Waals surface area (Å²) in [7, 11) is 1.88. The zero-order valence-electron chi connectivity index (χ0n) is 17.7. The van der Waals surface area contributed by atoms with Gasteiger partial charge < -0.3 is 10.0 Å². The first-order chi connectivity index (χ1) is 14.3. The molecule has 0 spiro atoms. The highest BCUT2D eigenvalue weighted by Crippen LogP contribution is 2.24. The Bertz CT molecular complexity index is 1050. The summed E-state index contributed by atoms with van der Waals surface area (Å²) >= 11 is 0. The van der Waals surface area contributed by atoms with E-state index in [2.05, 4.69) is 25.3 Å². The number of rotatable bonds is 5. The van der Waals surface area contributed by atoms with Gasteiger partial charge in [-0.25, -0.2) is 9.97 Å². The Morgan fingerprint density at radius 3 is 2.67 bits per heavy atom. The van der Waals surface area contributed by atoms with Crippen LogP contribution in [-0.4, -0.2) is 60.9 Å². The monoisotopic (exact) mass is 408 g/mol. The standard InChI is InChI=1S/C22H28N6O2/c1-22(2,30)14-28-8-6-15(7-9-28)20(29)26-21-23-11-17-5-4-16(10-19(17)25-21)18-12-24-27(3)13-18/h4-5,10-13,15,30H,6-9,14H2,1-3H3,(H,23,25,26,29). The Morgan fingerprint density at radius 1 is 1.23 bits per heavy atom. The molecule has 1 fully saturated rings. The molecule has 8 heteroatoms. The van der Waals surface area contributed by atoms with Crippen molar-refractivity contribution < 1.29 is 9.90 Å². The van der Waals surface area contributed by atoms with Crippen molar-refractivity contribution in [2.24, 2.45) is 13.0 Å². The Balaban J connectivity index is 1.43. The molecular formula is C22H28N6O2. The lowest BCUT2D eigenvalue weighted by Crippen LogP contribution is -2.44. The molecule has 4 rings (SSSR count). The van der Waals surface area contributed by atoms with Crippen molar-refractivity contribution in [3.05, 3.63) is 36.8 Å². The Hall–Kier alpha value is -2.84. The van der Waals surface area contributed by atoms with Crippen LogP contribution in [0.1, 0.15) is 26.7 Å². The molecule has 0 atom stereocenters. The summed E-state index contributed by atoms with van der Waals surface area (Å²) in [6.45, 7) is 5.84. The van der Waals surface area contributed by atoms with Crippen LogP contribution in [0.25, 0.3) is 22.0 Å². The van der Waals surface area contributed by atoms with Gasteiger partial charge in [-0.1, -0.05) is 12.1 Å². The number of fused-ring (bicyclic) bond motifs is 1. The summed E-state index contributed by atoms with van der Waals surface area (Å²) in [4.78, 5) is 23.8. The third-order valence-corrected chi connectivity index (χ3v) is 5.42. The summed E-state index contributed by atoms with van der Waals surface area (Å²) in [5, 5.41) is 18.0. The molecule has 0 radical (unpaired) electrons. The predicted octanol–water partition coefficient (Wildman–Crippen LogP) is 2.45. The molecule has 1 aliphatic rings. The molecule has 30 heavy (non-hydrogen) atoms. The van der Waals surface area contributed by atoms with Gasteiger partial charge in [-0.3, -0.25) is 14.8 Å². The molecule has 0 unspecified atom stereocenters. The van der Waals surface area contributed by atoms with E-state index in [1.54, 1.807) is 10.9 Å². The van der Waals surface area contributed by atoms with Crippen LogP contribution < -0.4 is 5.32 Å². The molecule has 1 aromatic carbocycles. The number of aryl methyl sites for hydroxylation is 1. The fourth-order valence-corrected chi connectivity index (χ4v) is 3.95. The number of hydrogen-bond acceptors (Lipinski definition) is 6. The summed E-state index contributed by atoms with van der Waals surface area (Å²) in [6.07, 6.45) is 7.03. The first kappa shape index (κ1) is 20.4. The number of aliphatic hydroxyl groups is 1. The molecule has 0 bridgehead atoms. The Kier molecular flexibility index (Phi) is 5.53. The van der Waals surface area contributed by atoms with E-state index in [0.29, 0.717) is 12.5 Å². The third-order valence-electron chi connectivity index (χ3n) is 5.42. The van der Waals surface area contributed by atoms with Gasteiger partial charge >= 0.3 is 0 Å². The lowest BCUT2D eigenvalue weighted by molar-refractivity contribution is -0.121. The van der Waals surface area contributed by atoms with Gasteiger partial charge in [0.2, 0.25) is 11.9 Å². The second kappa shape index (κ2) is 8.12. The molecule has 158 valence electrons. The fraction of sp³-hybridized carbons (Fsp3) is 0.455. The van der Waals surface area contributed by atoms with Gasteiger partial charge in [0.25, 0.3) is 0 Å². The van der Waals surface area contributed by atoms with Crippen LogP contribution in [0, 0.1) is 5.92 Å². The van der Waals surface area contributed by atoms with Crippen LogP contribution >= 0.6 is 0 Å². The number of benzene rings is 1. The lowest BCUT2D eigenvalue weighted by Gasteiger charge is -2.34. The van der Waals surface area contributed by atoms with E-state index in [1.165, 1.54) is 0 Å². The van der Waals surface area contributed by atoms with Crippen LogP contribution in [0.15, 0.2) is 36.8 Å². The van der Waals surface area contributed by atoms with Gasteiger partial charge in [-0.15, -0.1) is 0 Å². The highest BCUT2D eigenvalue weighted by Gasteiger charge is 2.28. The fourth-order valence-electron chi connectivity index (χ4n) is 3.95. The van der Waals surface area contributed by atoms with E-state index in [4.69, 9.17) is 0 Å². The van der Waals surface area contributed by atoms with E-state index in [1.807, 2.05) is 51.5 Å². The maximum absolute atomic E-state index is 12.7. The molecule has 2 N–H and O–H groups in total. The molecule has 0 aliphatic carbocycles. The minimum atomic E-state index is -0.720. The van der Waals surface area contributed by atoms with Crippen LogP contribution in [0.3, 0.4) is 0 Å². The quantitative estimate of drug-likeness (QED) is 0.673. The average Bonchev–Trinajstić information content (AvgIpc) is 3.13. The van der Waals surface area contributed by atoms with Crippen molar-refractivity contribution in [2.45, 2.75) is 32.3 Å². The number of amides is 1.